The van der Waals surface area contributed by atoms with Crippen molar-refractivity contribution in [2.75, 3.05) is 26.4 Å². The average Bonchev–Trinajstić information content (AvgIpc) is 3.29. The Labute approximate surface area is 389 Å². The van der Waals surface area contributed by atoms with Crippen molar-refractivity contribution in [2.45, 2.75) is 201 Å². The van der Waals surface area contributed by atoms with E-state index in [1.807, 2.05) is 12.1 Å². The molecule has 21 nitrogen and oxygen atoms in total. The van der Waals surface area contributed by atoms with Gasteiger partial charge in [0.15, 0.2) is 12.6 Å². The van der Waals surface area contributed by atoms with Crippen LogP contribution in [0.4, 0.5) is 0 Å². The van der Waals surface area contributed by atoms with Gasteiger partial charge < -0.3 is 104 Å². The van der Waals surface area contributed by atoms with E-state index in [9.17, 15) is 66.4 Å². The van der Waals surface area contributed by atoms with Crippen LogP contribution in [0.15, 0.2) is 23.8 Å². The Hall–Kier alpha value is -2.20. The number of hydrogen-bond acceptors (Lipinski definition) is 21. The highest BCUT2D eigenvalue weighted by atomic mass is 16.8. The first-order valence-corrected chi connectivity index (χ1v) is 23.6. The van der Waals surface area contributed by atoms with Crippen molar-refractivity contribution in [3.63, 3.8) is 0 Å². The fraction of sp³-hybridized carbons (Fsp3) is 0.826. The number of benzene rings is 1. The van der Waals surface area contributed by atoms with Gasteiger partial charge in [-0.15, -0.1) is 0 Å². The molecule has 2 aliphatic carbocycles. The first-order valence-electron chi connectivity index (χ1n) is 23.6. The summed E-state index contributed by atoms with van der Waals surface area (Å²) >= 11 is 0. The van der Waals surface area contributed by atoms with Crippen LogP contribution in [-0.2, 0) is 34.8 Å². The molecule has 1 saturated carbocycles. The number of allylic oxidation sites excluding steroid dienone is 2. The number of rotatable bonds is 16. The van der Waals surface area contributed by atoms with Gasteiger partial charge in [0.25, 0.3) is 0 Å². The molecule has 1 aromatic rings. The number of aryl methyl sites for hydroxylation is 1. The highest BCUT2D eigenvalue weighted by molar-refractivity contribution is 5.54. The monoisotopic (exact) mass is 960 g/mol. The summed E-state index contributed by atoms with van der Waals surface area (Å²) in [4.78, 5) is 0. The van der Waals surface area contributed by atoms with Crippen LogP contribution < -0.4 is 9.47 Å². The number of fused-ring (bicyclic) bond motifs is 3. The molecule has 0 radical (unpaired) electrons. The van der Waals surface area contributed by atoms with E-state index in [4.69, 9.17) is 37.9 Å². The molecule has 3 saturated heterocycles. The van der Waals surface area contributed by atoms with Crippen molar-refractivity contribution in [3.05, 3.63) is 34.9 Å². The molecule has 0 aromatic heterocycles. The first-order chi connectivity index (χ1) is 31.8. The third-order valence-electron chi connectivity index (χ3n) is 14.5. The summed E-state index contributed by atoms with van der Waals surface area (Å²) in [7, 11) is 0. The maximum atomic E-state index is 12.0. The molecular formula is C46H72O21. The van der Waals surface area contributed by atoms with Gasteiger partial charge in [0.05, 0.1) is 32.0 Å². The van der Waals surface area contributed by atoms with Gasteiger partial charge in [-0.3, -0.25) is 0 Å². The normalized spacial score (nSPS) is 44.2. The Morgan fingerprint density at radius 1 is 0.657 bits per heavy atom. The largest absolute Gasteiger partial charge is 0.487 e. The molecule has 4 fully saturated rings. The zero-order chi connectivity index (χ0) is 48.6. The summed E-state index contributed by atoms with van der Waals surface area (Å²) in [5, 5.41) is 140. The lowest BCUT2D eigenvalue weighted by Gasteiger charge is -2.49. The van der Waals surface area contributed by atoms with Crippen LogP contribution in [0.2, 0.25) is 0 Å². The first kappa shape index (κ1) is 52.6. The predicted octanol–water partition coefficient (Wildman–Crippen LogP) is -2.65. The van der Waals surface area contributed by atoms with Crippen molar-refractivity contribution in [1.29, 1.82) is 0 Å². The van der Waals surface area contributed by atoms with E-state index in [0.717, 1.165) is 43.2 Å². The van der Waals surface area contributed by atoms with E-state index in [0.29, 0.717) is 17.9 Å². The minimum absolute atomic E-state index is 0.0638. The standard InChI is InChI=1S/C46H72O21/c1-5-6-7-8-20-12-24(30-22-11-19(2)9-10-23(22)46(3,4)67-25(30)13-20)61-43-39(58)37(56)41(29(64-43)18-60-26-14-21(15-47)31(50)35(54)32(26)51)65-45-40(59)42(34(53)28(17-49)63-45)66-44-38(57)36(55)33(52)27(16-48)62-44/h11-13,21-23,26-29,31-45,47-59H,5-10,14-18H2,1-4H3/t21-,22-,23-,26-,27-,28-,29-,31-,32+,33-,34-,35+,36+,37-,38-,39-,40-,41-,42+,43-,44+,45+/m1/s1. The lowest BCUT2D eigenvalue weighted by atomic mass is 9.68. The van der Waals surface area contributed by atoms with Gasteiger partial charge in [-0.1, -0.05) is 31.4 Å². The molecule has 6 aliphatic rings. The molecule has 382 valence electrons. The Balaban J connectivity index is 1.20. The molecule has 1 aromatic carbocycles. The lowest BCUT2D eigenvalue weighted by molar-refractivity contribution is -0.378. The van der Waals surface area contributed by atoms with E-state index >= 15 is 0 Å². The minimum Gasteiger partial charge on any atom is -0.487 e. The van der Waals surface area contributed by atoms with Crippen LogP contribution in [0.25, 0.3) is 0 Å². The van der Waals surface area contributed by atoms with Crippen LogP contribution in [0.5, 0.6) is 11.5 Å². The smallest absolute Gasteiger partial charge is 0.229 e. The highest BCUT2D eigenvalue weighted by Gasteiger charge is 2.55. The molecule has 7 rings (SSSR count). The maximum Gasteiger partial charge on any atom is 0.229 e. The fourth-order valence-electron chi connectivity index (χ4n) is 10.5. The topological polar surface area (TPSA) is 337 Å². The van der Waals surface area contributed by atoms with Gasteiger partial charge in [0.1, 0.15) is 103 Å². The van der Waals surface area contributed by atoms with E-state index in [1.165, 1.54) is 5.57 Å². The number of aliphatic hydroxyl groups excluding tert-OH is 13. The molecule has 0 unspecified atom stereocenters. The minimum atomic E-state index is -2.03. The second-order valence-electron chi connectivity index (χ2n) is 19.6. The summed E-state index contributed by atoms with van der Waals surface area (Å²) in [6.07, 6.45) is -25.2. The fourth-order valence-corrected chi connectivity index (χ4v) is 10.5. The summed E-state index contributed by atoms with van der Waals surface area (Å²) in [6, 6.07) is 3.89. The summed E-state index contributed by atoms with van der Waals surface area (Å²) < 4.78 is 48.9. The number of aliphatic hydroxyl groups is 13. The van der Waals surface area contributed by atoms with Gasteiger partial charge in [0.2, 0.25) is 6.29 Å². The Bertz CT molecular complexity index is 1800. The Kier molecular flexibility index (Phi) is 17.3. The van der Waals surface area contributed by atoms with Gasteiger partial charge in [0, 0.05) is 29.9 Å². The van der Waals surface area contributed by atoms with Gasteiger partial charge in [-0.05, 0) is 70.6 Å². The molecule has 4 heterocycles. The Morgan fingerprint density at radius 2 is 1.28 bits per heavy atom. The zero-order valence-electron chi connectivity index (χ0n) is 38.3. The second kappa shape index (κ2) is 22.1. The molecular weight excluding hydrogens is 888 g/mol. The van der Waals surface area contributed by atoms with E-state index in [1.54, 1.807) is 0 Å². The quantitative estimate of drug-likeness (QED) is 0.0594. The molecule has 0 spiro atoms. The number of unbranched alkanes of at least 4 members (excludes halogenated alkanes) is 2. The van der Waals surface area contributed by atoms with Gasteiger partial charge >= 0.3 is 0 Å². The SMILES string of the molecule is CCCCCc1cc(O[C@@H]2O[C@H](CO[C@@H]3C[C@H](CO)[C@@H](O)[C@H](O)[C@H]3O)[C@@H](O[C@@H]3O[C@H](CO)[C@@H](O)[C@H](O[C@@H]4O[C@H](CO)[C@@H](O)[C@H](O)[C@H]4O)[C@H]3O)[C@H](O)[C@H]2O)c2c(c1)OC(C)(C)[C@@H]1CCC(C)=C[C@@H]21. The molecule has 0 bridgehead atoms. The van der Waals surface area contributed by atoms with Crippen LogP contribution in [-0.4, -0.2) is 215 Å². The van der Waals surface area contributed by atoms with Gasteiger partial charge in [-0.25, -0.2) is 0 Å². The second-order valence-corrected chi connectivity index (χ2v) is 19.6. The molecule has 67 heavy (non-hydrogen) atoms. The molecule has 21 heteroatoms. The maximum absolute atomic E-state index is 12.0. The number of hydrogen-bond donors (Lipinski definition) is 13. The predicted molar refractivity (Wildman–Crippen MR) is 229 cm³/mol. The molecule has 0 amide bonds. The van der Waals surface area contributed by atoms with Crippen molar-refractivity contribution in [3.8, 4) is 11.5 Å². The van der Waals surface area contributed by atoms with Crippen LogP contribution in [0.3, 0.4) is 0 Å². The van der Waals surface area contributed by atoms with Crippen molar-refractivity contribution in [1.82, 2.24) is 0 Å². The zero-order valence-corrected chi connectivity index (χ0v) is 38.3. The van der Waals surface area contributed by atoms with Gasteiger partial charge in [-0.2, -0.15) is 0 Å². The van der Waals surface area contributed by atoms with Crippen LogP contribution in [0.1, 0.15) is 83.3 Å². The summed E-state index contributed by atoms with van der Waals surface area (Å²) in [5.74, 6) is 0.00109. The van der Waals surface area contributed by atoms with Crippen molar-refractivity contribution >= 4 is 0 Å². The van der Waals surface area contributed by atoms with Crippen LogP contribution in [0, 0.1) is 11.8 Å². The van der Waals surface area contributed by atoms with Crippen LogP contribution >= 0.6 is 0 Å². The third-order valence-corrected chi connectivity index (χ3v) is 14.5. The van der Waals surface area contributed by atoms with E-state index in [2.05, 4.69) is 33.8 Å². The van der Waals surface area contributed by atoms with Crippen molar-refractivity contribution in [2.24, 2.45) is 11.8 Å². The highest BCUT2D eigenvalue weighted by Crippen LogP contribution is 2.54. The van der Waals surface area contributed by atoms with E-state index in [-0.39, 0.29) is 18.3 Å². The van der Waals surface area contributed by atoms with Crippen molar-refractivity contribution < 1.29 is 104 Å². The molecule has 22 atom stereocenters. The average molecular weight is 961 g/mol. The summed E-state index contributed by atoms with van der Waals surface area (Å²) in [6.45, 7) is 5.51. The lowest BCUT2D eigenvalue weighted by Crippen LogP contribution is -2.67. The van der Waals surface area contributed by atoms with E-state index < -0.39 is 154 Å². The number of ether oxygens (including phenoxy) is 8. The third kappa shape index (κ3) is 10.9. The molecule has 13 N–H and O–H groups in total. The summed E-state index contributed by atoms with van der Waals surface area (Å²) in [5.41, 5.74) is 2.31. The Morgan fingerprint density at radius 3 is 1.96 bits per heavy atom. The molecule has 4 aliphatic heterocycles.